The molecule has 0 saturated heterocycles. The summed E-state index contributed by atoms with van der Waals surface area (Å²) < 4.78 is 16.3. The van der Waals surface area contributed by atoms with Gasteiger partial charge in [-0.1, -0.05) is 0 Å². The van der Waals surface area contributed by atoms with Crippen LogP contribution in [0.2, 0.25) is 0 Å². The van der Waals surface area contributed by atoms with Crippen LogP contribution >= 0.6 is 24.2 Å². The van der Waals surface area contributed by atoms with Crippen molar-refractivity contribution in [3.63, 3.8) is 0 Å². The van der Waals surface area contributed by atoms with Crippen molar-refractivity contribution in [2.75, 3.05) is 0 Å². The molecule has 10 heavy (non-hydrogen) atoms. The van der Waals surface area contributed by atoms with Gasteiger partial charge in [0.15, 0.2) is 0 Å². The number of halogens is 1. The van der Waals surface area contributed by atoms with Crippen molar-refractivity contribution in [3.8, 4) is 0 Å². The molecule has 0 saturated carbocycles. The Kier molecular flexibility index (Phi) is 2.45. The van der Waals surface area contributed by atoms with Gasteiger partial charge in [-0.3, -0.25) is 0 Å². The molecule has 0 atom stereocenters. The average Bonchev–Trinajstić information content (AvgIpc) is 2.34. The summed E-state index contributed by atoms with van der Waals surface area (Å²) in [6, 6.07) is 1.42. The van der Waals surface area contributed by atoms with Crippen LogP contribution in [0.3, 0.4) is 0 Å². The van der Waals surface area contributed by atoms with E-state index in [4.69, 9.17) is 0 Å². The maximum Gasteiger partial charge on any atom is 0.143 e. The maximum absolute atomic E-state index is 12.7. The molecule has 0 unspecified atom stereocenters. The molecule has 0 aliphatic rings. The Morgan fingerprint density at radius 1 is 1.80 bits per heavy atom. The van der Waals surface area contributed by atoms with Crippen LogP contribution in [0, 0.1) is 5.82 Å². The number of hydrogen-bond acceptors (Lipinski definition) is 3. The predicted octanol–water partition coefficient (Wildman–Crippen LogP) is 2.54. The molecule has 0 N–H and O–H groups in total. The fourth-order valence-corrected chi connectivity index (χ4v) is 1.49. The lowest BCUT2D eigenvalue weighted by molar-refractivity contribution is 0.631. The molecule has 0 spiro atoms. The molecule has 1 heterocycles. The van der Waals surface area contributed by atoms with Gasteiger partial charge in [0.2, 0.25) is 0 Å². The molecule has 4 heteroatoms. The van der Waals surface area contributed by atoms with Gasteiger partial charge < -0.3 is 0 Å². The van der Waals surface area contributed by atoms with Crippen LogP contribution in [-0.2, 0) is 0 Å². The van der Waals surface area contributed by atoms with Crippen molar-refractivity contribution in [2.24, 2.45) is 4.40 Å². The largest absolute Gasteiger partial charge is 0.223 e. The lowest BCUT2D eigenvalue weighted by Crippen LogP contribution is -1.90. The van der Waals surface area contributed by atoms with Crippen molar-refractivity contribution in [1.82, 2.24) is 0 Å². The van der Waals surface area contributed by atoms with E-state index in [1.54, 1.807) is 12.3 Å². The van der Waals surface area contributed by atoms with Crippen LogP contribution in [0.1, 0.15) is 11.8 Å². The predicted molar refractivity (Wildman–Crippen MR) is 45.5 cm³/mol. The van der Waals surface area contributed by atoms with E-state index in [2.05, 4.69) is 17.2 Å². The van der Waals surface area contributed by atoms with Crippen molar-refractivity contribution < 1.29 is 4.39 Å². The molecule has 1 aromatic rings. The fourth-order valence-electron chi connectivity index (χ4n) is 0.597. The fraction of sp³-hybridized carbons (Fsp3) is 0.167. The molecular formula is C6H6FNS2. The molecule has 0 fully saturated rings. The normalized spacial score (nSPS) is 12.1. The molecule has 1 rings (SSSR count). The molecule has 0 aromatic carbocycles. The minimum atomic E-state index is -0.222. The lowest BCUT2D eigenvalue weighted by atomic mass is 10.3. The van der Waals surface area contributed by atoms with Crippen molar-refractivity contribution in [2.45, 2.75) is 6.92 Å². The second kappa shape index (κ2) is 3.16. The first-order valence-electron chi connectivity index (χ1n) is 2.67. The molecule has 1 aromatic heterocycles. The van der Waals surface area contributed by atoms with Gasteiger partial charge in [-0.05, 0) is 31.2 Å². The summed E-state index contributed by atoms with van der Waals surface area (Å²) >= 11 is 5.00. The quantitative estimate of drug-likeness (QED) is 0.497. The Balaban J connectivity index is 3.05. The van der Waals surface area contributed by atoms with Crippen LogP contribution in [0.15, 0.2) is 15.8 Å². The number of hydrogen-bond donors (Lipinski definition) is 1. The third-order valence-corrected chi connectivity index (χ3v) is 2.39. The van der Waals surface area contributed by atoms with Gasteiger partial charge in [0, 0.05) is 0 Å². The van der Waals surface area contributed by atoms with Gasteiger partial charge in [-0.2, -0.15) is 0 Å². The first-order chi connectivity index (χ1) is 4.75. The number of thiol groups is 1. The van der Waals surface area contributed by atoms with Crippen LogP contribution in [0.5, 0.6) is 0 Å². The topological polar surface area (TPSA) is 12.4 Å². The van der Waals surface area contributed by atoms with Gasteiger partial charge in [-0.25, -0.2) is 8.79 Å². The Bertz CT molecular complexity index is 254. The van der Waals surface area contributed by atoms with E-state index in [-0.39, 0.29) is 5.82 Å². The Labute approximate surface area is 68.2 Å². The molecule has 54 valence electrons. The van der Waals surface area contributed by atoms with Gasteiger partial charge in [-0.15, -0.1) is 11.3 Å². The summed E-state index contributed by atoms with van der Waals surface area (Å²) in [4.78, 5) is 0.565. The summed E-state index contributed by atoms with van der Waals surface area (Å²) in [6.07, 6.45) is 0. The van der Waals surface area contributed by atoms with Crippen LogP contribution in [0.4, 0.5) is 4.39 Å². The van der Waals surface area contributed by atoms with Gasteiger partial charge in [0.1, 0.15) is 5.82 Å². The highest BCUT2D eigenvalue weighted by atomic mass is 32.1. The smallest absolute Gasteiger partial charge is 0.143 e. The van der Waals surface area contributed by atoms with Gasteiger partial charge >= 0.3 is 0 Å². The Morgan fingerprint density at radius 3 is 2.90 bits per heavy atom. The molecule has 0 aliphatic carbocycles. The minimum absolute atomic E-state index is 0.222. The monoisotopic (exact) mass is 175 g/mol. The van der Waals surface area contributed by atoms with E-state index >= 15 is 0 Å². The van der Waals surface area contributed by atoms with Crippen molar-refractivity contribution in [3.05, 3.63) is 22.1 Å². The highest BCUT2D eigenvalue weighted by Crippen LogP contribution is 2.15. The summed E-state index contributed by atoms with van der Waals surface area (Å²) in [6.45, 7) is 1.72. The number of rotatable bonds is 1. The average molecular weight is 175 g/mol. The Hall–Kier alpha value is -0.350. The summed E-state index contributed by atoms with van der Waals surface area (Å²) in [5.74, 6) is -0.222. The van der Waals surface area contributed by atoms with Crippen LogP contribution < -0.4 is 0 Å². The third kappa shape index (κ3) is 1.38. The number of thiophene rings is 1. The van der Waals surface area contributed by atoms with Gasteiger partial charge in [0.05, 0.1) is 10.6 Å². The van der Waals surface area contributed by atoms with E-state index in [1.807, 2.05) is 0 Å². The molecular weight excluding hydrogens is 169 g/mol. The second-order valence-electron chi connectivity index (χ2n) is 1.78. The molecule has 1 nitrogen and oxygen atoms in total. The summed E-state index contributed by atoms with van der Waals surface area (Å²) in [7, 11) is 0. The zero-order valence-electron chi connectivity index (χ0n) is 5.34. The van der Waals surface area contributed by atoms with E-state index < -0.39 is 0 Å². The van der Waals surface area contributed by atoms with Crippen molar-refractivity contribution in [1.29, 1.82) is 0 Å². The minimum Gasteiger partial charge on any atom is -0.223 e. The Morgan fingerprint density at radius 2 is 2.50 bits per heavy atom. The van der Waals surface area contributed by atoms with Crippen molar-refractivity contribution >= 4 is 29.9 Å². The SMILES string of the molecule is CC(=NS)c1sccc1F. The number of nitrogens with zero attached hydrogens (tertiary/aromatic N) is 1. The molecule has 0 amide bonds. The molecule has 0 radical (unpaired) electrons. The van der Waals surface area contributed by atoms with Crippen LogP contribution in [-0.4, -0.2) is 5.71 Å². The van der Waals surface area contributed by atoms with Crippen LogP contribution in [0.25, 0.3) is 0 Å². The highest BCUT2D eigenvalue weighted by Gasteiger charge is 2.04. The third-order valence-electron chi connectivity index (χ3n) is 1.10. The van der Waals surface area contributed by atoms with E-state index in [1.165, 1.54) is 17.4 Å². The summed E-state index contributed by atoms with van der Waals surface area (Å²) in [5.41, 5.74) is 0.621. The van der Waals surface area contributed by atoms with Gasteiger partial charge in [0.25, 0.3) is 0 Å². The highest BCUT2D eigenvalue weighted by molar-refractivity contribution is 7.79. The van der Waals surface area contributed by atoms with E-state index in [0.29, 0.717) is 10.6 Å². The first-order valence-corrected chi connectivity index (χ1v) is 3.95. The van der Waals surface area contributed by atoms with E-state index in [9.17, 15) is 4.39 Å². The zero-order valence-corrected chi connectivity index (χ0v) is 7.05. The standard InChI is InChI=1S/C6H6FNS2/c1-4(8-9)6-5(7)2-3-10-6/h2-3,9H,1H3. The first kappa shape index (κ1) is 7.75. The maximum atomic E-state index is 12.7. The zero-order chi connectivity index (χ0) is 7.56. The molecule has 0 aliphatic heterocycles. The lowest BCUT2D eigenvalue weighted by Gasteiger charge is -1.90. The molecule has 0 bridgehead atoms. The van der Waals surface area contributed by atoms with E-state index in [0.717, 1.165) is 0 Å². The summed E-state index contributed by atoms with van der Waals surface area (Å²) in [5, 5.41) is 1.69. The second-order valence-corrected chi connectivity index (χ2v) is 2.90.